The second-order valence-corrected chi connectivity index (χ2v) is 8.35. The molecule has 0 aliphatic heterocycles. The van der Waals surface area contributed by atoms with Gasteiger partial charge < -0.3 is 0 Å². The lowest BCUT2D eigenvalue weighted by atomic mass is 10.4. The Morgan fingerprint density at radius 1 is 0.625 bits per heavy atom. The average Bonchev–Trinajstić information content (AvgIpc) is 2.31. The smallest absolute Gasteiger partial charge is 0.0643 e. The van der Waals surface area contributed by atoms with Crippen molar-refractivity contribution in [1.29, 1.82) is 0 Å². The Labute approximate surface area is 135 Å². The first-order chi connectivity index (χ1) is 7.52. The maximum atomic E-state index is 6.01. The molecule has 4 atom stereocenters. The fraction of sp³-hybridized carbons (Fsp3) is 1.00. The van der Waals surface area contributed by atoms with Crippen molar-refractivity contribution >= 4 is 91.2 Å². The van der Waals surface area contributed by atoms with Crippen molar-refractivity contribution in [2.45, 2.75) is 21.5 Å². The van der Waals surface area contributed by atoms with Crippen LogP contribution in [0.3, 0.4) is 0 Å². The molecule has 0 bridgehead atoms. The molecule has 0 aromatic heterocycles. The SMILES string of the molecule is ClCC(Cl)C(Cl)CSSCC(Cl)C(Cl)CCl. The van der Waals surface area contributed by atoms with Crippen LogP contribution in [-0.2, 0) is 0 Å². The molecule has 0 aliphatic rings. The van der Waals surface area contributed by atoms with Crippen molar-refractivity contribution in [2.24, 2.45) is 0 Å². The summed E-state index contributed by atoms with van der Waals surface area (Å²) in [6.45, 7) is 0. The van der Waals surface area contributed by atoms with Gasteiger partial charge in [-0.25, -0.2) is 0 Å². The van der Waals surface area contributed by atoms with Gasteiger partial charge in [0.2, 0.25) is 0 Å². The predicted octanol–water partition coefficient (Wildman–Crippen LogP) is 5.28. The van der Waals surface area contributed by atoms with E-state index in [2.05, 4.69) is 0 Å². The molecule has 0 aliphatic carbocycles. The first kappa shape index (κ1) is 18.4. The Balaban J connectivity index is 3.52. The maximum Gasteiger partial charge on any atom is 0.0643 e. The van der Waals surface area contributed by atoms with Gasteiger partial charge in [-0.3, -0.25) is 0 Å². The molecule has 0 rings (SSSR count). The van der Waals surface area contributed by atoms with Crippen molar-refractivity contribution in [2.75, 3.05) is 23.3 Å². The zero-order valence-electron chi connectivity index (χ0n) is 8.22. The molecule has 0 radical (unpaired) electrons. The van der Waals surface area contributed by atoms with Gasteiger partial charge in [0.15, 0.2) is 0 Å². The Hall–Kier alpha value is 2.44. The highest BCUT2D eigenvalue weighted by atomic mass is 35.5. The molecule has 4 unspecified atom stereocenters. The van der Waals surface area contributed by atoms with Gasteiger partial charge in [-0.1, -0.05) is 21.6 Å². The van der Waals surface area contributed by atoms with Crippen molar-refractivity contribution in [3.8, 4) is 0 Å². The average molecular weight is 385 g/mol. The van der Waals surface area contributed by atoms with Crippen LogP contribution in [0.25, 0.3) is 0 Å². The summed E-state index contributed by atoms with van der Waals surface area (Å²) in [6, 6.07) is 0. The maximum absolute atomic E-state index is 6.01. The van der Waals surface area contributed by atoms with Gasteiger partial charge in [-0.2, -0.15) is 0 Å². The largest absolute Gasteiger partial charge is 0.125 e. The van der Waals surface area contributed by atoms with Crippen LogP contribution in [0.2, 0.25) is 0 Å². The standard InChI is InChI=1S/C8H12Cl6S2/c9-1-5(11)7(13)3-15-16-4-8(14)6(12)2-10/h5-8H,1-4H2. The second kappa shape index (κ2) is 11.3. The summed E-state index contributed by atoms with van der Waals surface area (Å²) >= 11 is 34.9. The van der Waals surface area contributed by atoms with Gasteiger partial charge in [-0.15, -0.1) is 69.6 Å². The molecule has 98 valence electrons. The molecule has 0 saturated heterocycles. The van der Waals surface area contributed by atoms with E-state index in [4.69, 9.17) is 69.6 Å². The molecule has 0 nitrogen and oxygen atoms in total. The lowest BCUT2D eigenvalue weighted by Crippen LogP contribution is -2.20. The summed E-state index contributed by atoms with van der Waals surface area (Å²) in [5.74, 6) is 2.17. The number of hydrogen-bond acceptors (Lipinski definition) is 2. The number of hydrogen-bond donors (Lipinski definition) is 0. The summed E-state index contributed by atoms with van der Waals surface area (Å²) < 4.78 is 0. The molecule has 8 heteroatoms. The van der Waals surface area contributed by atoms with Crippen LogP contribution in [0.15, 0.2) is 0 Å². The fourth-order valence-corrected chi connectivity index (χ4v) is 5.01. The summed E-state index contributed by atoms with van der Waals surface area (Å²) in [6.07, 6.45) is 0. The molecule has 0 N–H and O–H groups in total. The first-order valence-electron chi connectivity index (χ1n) is 4.45. The fourth-order valence-electron chi connectivity index (χ4n) is 0.628. The van der Waals surface area contributed by atoms with E-state index in [1.165, 1.54) is 0 Å². The Bertz CT molecular complexity index is 155. The third-order valence-corrected chi connectivity index (χ3v) is 7.53. The zero-order chi connectivity index (χ0) is 12.6. The summed E-state index contributed by atoms with van der Waals surface area (Å²) in [5, 5.41) is -0.672. The van der Waals surface area contributed by atoms with Gasteiger partial charge in [0, 0.05) is 23.3 Å². The quantitative estimate of drug-likeness (QED) is 0.301. The third kappa shape index (κ3) is 8.53. The highest BCUT2D eigenvalue weighted by Crippen LogP contribution is 2.29. The van der Waals surface area contributed by atoms with Crippen LogP contribution in [-0.4, -0.2) is 44.8 Å². The van der Waals surface area contributed by atoms with Crippen LogP contribution >= 0.6 is 91.2 Å². The van der Waals surface area contributed by atoms with Gasteiger partial charge in [-0.05, 0) is 0 Å². The normalized spacial score (nSPS) is 19.1. The topological polar surface area (TPSA) is 0 Å². The molecular formula is C8H12Cl6S2. The lowest BCUT2D eigenvalue weighted by molar-refractivity contribution is 0.921. The van der Waals surface area contributed by atoms with Crippen LogP contribution in [0, 0.1) is 0 Å². The van der Waals surface area contributed by atoms with Gasteiger partial charge in [0.05, 0.1) is 21.5 Å². The van der Waals surface area contributed by atoms with E-state index < -0.39 is 0 Å². The molecule has 0 spiro atoms. The predicted molar refractivity (Wildman–Crippen MR) is 84.9 cm³/mol. The molecule has 0 fully saturated rings. The molecular weight excluding hydrogens is 373 g/mol. The Morgan fingerprint density at radius 3 is 1.19 bits per heavy atom. The minimum Gasteiger partial charge on any atom is -0.125 e. The molecule has 0 aromatic carbocycles. The van der Waals surface area contributed by atoms with Gasteiger partial charge in [0.25, 0.3) is 0 Å². The highest BCUT2D eigenvalue weighted by Gasteiger charge is 2.18. The van der Waals surface area contributed by atoms with E-state index >= 15 is 0 Å². The lowest BCUT2D eigenvalue weighted by Gasteiger charge is -2.14. The Kier molecular flexibility index (Phi) is 13.0. The van der Waals surface area contributed by atoms with Crippen molar-refractivity contribution in [1.82, 2.24) is 0 Å². The van der Waals surface area contributed by atoms with E-state index in [0.29, 0.717) is 11.8 Å². The van der Waals surface area contributed by atoms with E-state index in [1.54, 1.807) is 21.6 Å². The van der Waals surface area contributed by atoms with Crippen LogP contribution in [0.5, 0.6) is 0 Å². The van der Waals surface area contributed by atoms with Gasteiger partial charge >= 0.3 is 0 Å². The van der Waals surface area contributed by atoms with Crippen LogP contribution < -0.4 is 0 Å². The summed E-state index contributed by atoms with van der Waals surface area (Å²) in [4.78, 5) is 0. The van der Waals surface area contributed by atoms with E-state index in [9.17, 15) is 0 Å². The molecule has 0 saturated carbocycles. The van der Waals surface area contributed by atoms with Gasteiger partial charge in [0.1, 0.15) is 0 Å². The molecule has 16 heavy (non-hydrogen) atoms. The summed E-state index contributed by atoms with van der Waals surface area (Å²) in [7, 11) is 3.23. The number of rotatable bonds is 9. The third-order valence-electron chi connectivity index (χ3n) is 1.62. The minimum absolute atomic E-state index is 0.134. The minimum atomic E-state index is -0.202. The monoisotopic (exact) mass is 382 g/mol. The van der Waals surface area contributed by atoms with Crippen molar-refractivity contribution in [3.05, 3.63) is 0 Å². The molecule has 0 heterocycles. The second-order valence-electron chi connectivity index (χ2n) is 2.94. The Morgan fingerprint density at radius 2 is 0.938 bits per heavy atom. The highest BCUT2D eigenvalue weighted by molar-refractivity contribution is 8.76. The van der Waals surface area contributed by atoms with E-state index in [1.807, 2.05) is 0 Å². The summed E-state index contributed by atoms with van der Waals surface area (Å²) in [5.41, 5.74) is 0. The molecule has 0 amide bonds. The van der Waals surface area contributed by atoms with E-state index in [0.717, 1.165) is 11.5 Å². The molecule has 0 aromatic rings. The first-order valence-corrected chi connectivity index (χ1v) is 9.75. The van der Waals surface area contributed by atoms with Crippen molar-refractivity contribution < 1.29 is 0 Å². The van der Waals surface area contributed by atoms with Crippen molar-refractivity contribution in [3.63, 3.8) is 0 Å². The number of alkyl halides is 6. The zero-order valence-corrected chi connectivity index (χ0v) is 14.4. The van der Waals surface area contributed by atoms with E-state index in [-0.39, 0.29) is 21.5 Å². The number of halogens is 6. The van der Waals surface area contributed by atoms with Crippen LogP contribution in [0.4, 0.5) is 0 Å². The van der Waals surface area contributed by atoms with Crippen LogP contribution in [0.1, 0.15) is 0 Å².